The lowest BCUT2D eigenvalue weighted by molar-refractivity contribution is -0.124. The minimum absolute atomic E-state index is 0.0526. The van der Waals surface area contributed by atoms with E-state index >= 15 is 0 Å². The highest BCUT2D eigenvalue weighted by atomic mass is 16.3. The van der Waals surface area contributed by atoms with E-state index in [0.29, 0.717) is 19.6 Å². The minimum Gasteiger partial charge on any atom is -0.387 e. The number of nitrogens with one attached hydrogen (secondary N) is 3. The maximum atomic E-state index is 11.7. The van der Waals surface area contributed by atoms with Gasteiger partial charge in [-0.1, -0.05) is 30.3 Å². The van der Waals surface area contributed by atoms with Crippen molar-refractivity contribution in [1.82, 2.24) is 20.9 Å². The van der Waals surface area contributed by atoms with E-state index < -0.39 is 6.10 Å². The van der Waals surface area contributed by atoms with Gasteiger partial charge in [-0.2, -0.15) is 0 Å². The zero-order valence-corrected chi connectivity index (χ0v) is 13.1. The molecule has 4 N–H and O–H groups in total. The second-order valence-electron chi connectivity index (χ2n) is 5.54. The fourth-order valence-electron chi connectivity index (χ4n) is 2.43. The number of urea groups is 1. The number of hydrogen-bond donors (Lipinski definition) is 4. The summed E-state index contributed by atoms with van der Waals surface area (Å²) < 4.78 is 0. The van der Waals surface area contributed by atoms with Crippen molar-refractivity contribution in [3.8, 4) is 0 Å². The normalized spacial score (nSPS) is 16.5. The van der Waals surface area contributed by atoms with Crippen molar-refractivity contribution in [2.24, 2.45) is 0 Å². The molecule has 1 atom stereocenters. The van der Waals surface area contributed by atoms with Crippen molar-refractivity contribution in [2.45, 2.75) is 12.5 Å². The molecule has 1 heterocycles. The molecular formula is C16H24N4O3. The number of nitrogens with zero attached hydrogens (tertiary/aromatic N) is 1. The van der Waals surface area contributed by atoms with Crippen LogP contribution in [0.3, 0.4) is 0 Å². The second kappa shape index (κ2) is 9.12. The van der Waals surface area contributed by atoms with Gasteiger partial charge in [0.05, 0.1) is 12.6 Å². The zero-order valence-electron chi connectivity index (χ0n) is 13.1. The van der Waals surface area contributed by atoms with Crippen LogP contribution in [0.1, 0.15) is 18.1 Å². The van der Waals surface area contributed by atoms with Crippen LogP contribution in [-0.4, -0.2) is 61.2 Å². The molecule has 0 aliphatic carbocycles. The molecule has 1 saturated heterocycles. The first-order chi connectivity index (χ1) is 11.1. The molecule has 0 saturated carbocycles. The summed E-state index contributed by atoms with van der Waals surface area (Å²) in [6, 6.07) is 8.91. The summed E-state index contributed by atoms with van der Waals surface area (Å²) in [5.41, 5.74) is 0.774. The van der Waals surface area contributed by atoms with Gasteiger partial charge in [0.25, 0.3) is 0 Å². The predicted molar refractivity (Wildman–Crippen MR) is 86.9 cm³/mol. The van der Waals surface area contributed by atoms with Crippen molar-refractivity contribution >= 4 is 11.9 Å². The monoisotopic (exact) mass is 320 g/mol. The fraction of sp³-hybridized carbons (Fsp3) is 0.500. The van der Waals surface area contributed by atoms with E-state index in [0.717, 1.165) is 25.1 Å². The molecule has 0 unspecified atom stereocenters. The Hall–Kier alpha value is -2.12. The molecule has 1 aromatic rings. The lowest BCUT2D eigenvalue weighted by Crippen LogP contribution is -2.48. The highest BCUT2D eigenvalue weighted by molar-refractivity contribution is 5.78. The Labute approximate surface area is 136 Å². The first-order valence-electron chi connectivity index (χ1n) is 7.89. The maximum absolute atomic E-state index is 11.7. The Bertz CT molecular complexity index is 509. The van der Waals surface area contributed by atoms with E-state index in [9.17, 15) is 14.7 Å². The minimum atomic E-state index is -0.714. The predicted octanol–water partition coefficient (Wildman–Crippen LogP) is -0.159. The number of benzene rings is 1. The molecular weight excluding hydrogens is 296 g/mol. The van der Waals surface area contributed by atoms with Gasteiger partial charge >= 0.3 is 6.03 Å². The van der Waals surface area contributed by atoms with Gasteiger partial charge in [0, 0.05) is 32.7 Å². The van der Waals surface area contributed by atoms with Crippen molar-refractivity contribution in [3.05, 3.63) is 35.9 Å². The summed E-state index contributed by atoms with van der Waals surface area (Å²) in [5, 5.41) is 18.1. The summed E-state index contributed by atoms with van der Waals surface area (Å²) >= 11 is 0. The summed E-state index contributed by atoms with van der Waals surface area (Å²) in [7, 11) is 0. The van der Waals surface area contributed by atoms with Crippen LogP contribution in [-0.2, 0) is 4.79 Å². The van der Waals surface area contributed by atoms with Crippen molar-refractivity contribution in [2.75, 3.05) is 39.3 Å². The largest absolute Gasteiger partial charge is 0.387 e. The first-order valence-corrected chi connectivity index (χ1v) is 7.89. The molecule has 23 heavy (non-hydrogen) atoms. The Morgan fingerprint density at radius 3 is 2.83 bits per heavy atom. The van der Waals surface area contributed by atoms with Crippen molar-refractivity contribution in [3.63, 3.8) is 0 Å². The molecule has 0 bridgehead atoms. The molecule has 7 heteroatoms. The van der Waals surface area contributed by atoms with Crippen LogP contribution < -0.4 is 16.0 Å². The van der Waals surface area contributed by atoms with Gasteiger partial charge in [-0.05, 0) is 12.0 Å². The third kappa shape index (κ3) is 6.25. The Kier molecular flexibility index (Phi) is 6.83. The highest BCUT2D eigenvalue weighted by Crippen LogP contribution is 2.10. The molecule has 1 aliphatic heterocycles. The van der Waals surface area contributed by atoms with Crippen LogP contribution in [0.5, 0.6) is 0 Å². The first kappa shape index (κ1) is 17.2. The SMILES string of the molecule is O=C1CN(CCCNC(=O)NC[C@@H](O)c2ccccc2)CCN1. The van der Waals surface area contributed by atoms with Crippen LogP contribution >= 0.6 is 0 Å². The Balaban J connectivity index is 1.55. The summed E-state index contributed by atoms with van der Waals surface area (Å²) in [6.07, 6.45) is 0.0656. The number of rotatable bonds is 7. The number of amides is 3. The molecule has 2 rings (SSSR count). The molecule has 1 aliphatic rings. The van der Waals surface area contributed by atoms with Crippen LogP contribution in [0.4, 0.5) is 4.79 Å². The zero-order chi connectivity index (χ0) is 16.5. The van der Waals surface area contributed by atoms with Crippen molar-refractivity contribution in [1.29, 1.82) is 0 Å². The van der Waals surface area contributed by atoms with Gasteiger partial charge in [-0.3, -0.25) is 9.69 Å². The third-order valence-corrected chi connectivity index (χ3v) is 3.69. The molecule has 0 spiro atoms. The molecule has 0 radical (unpaired) electrons. The average Bonchev–Trinajstić information content (AvgIpc) is 2.57. The van der Waals surface area contributed by atoms with Gasteiger partial charge in [0.2, 0.25) is 5.91 Å². The van der Waals surface area contributed by atoms with Crippen LogP contribution in [0.2, 0.25) is 0 Å². The lowest BCUT2D eigenvalue weighted by Gasteiger charge is -2.26. The average molecular weight is 320 g/mol. The van der Waals surface area contributed by atoms with Gasteiger partial charge in [-0.25, -0.2) is 4.79 Å². The van der Waals surface area contributed by atoms with E-state index in [4.69, 9.17) is 0 Å². The lowest BCUT2D eigenvalue weighted by atomic mass is 10.1. The van der Waals surface area contributed by atoms with E-state index in [1.54, 1.807) is 0 Å². The molecule has 1 aromatic carbocycles. The van der Waals surface area contributed by atoms with Crippen molar-refractivity contribution < 1.29 is 14.7 Å². The number of aliphatic hydroxyl groups excluding tert-OH is 1. The maximum Gasteiger partial charge on any atom is 0.314 e. The van der Waals surface area contributed by atoms with E-state index in [2.05, 4.69) is 20.9 Å². The van der Waals surface area contributed by atoms with Gasteiger partial charge < -0.3 is 21.1 Å². The quantitative estimate of drug-likeness (QED) is 0.525. The van der Waals surface area contributed by atoms with Gasteiger partial charge in [0.15, 0.2) is 0 Å². The summed E-state index contributed by atoms with van der Waals surface area (Å²) in [5.74, 6) is 0.0526. The van der Waals surface area contributed by atoms with E-state index in [-0.39, 0.29) is 18.5 Å². The van der Waals surface area contributed by atoms with Gasteiger partial charge in [-0.15, -0.1) is 0 Å². The molecule has 0 aromatic heterocycles. The number of hydrogen-bond acceptors (Lipinski definition) is 4. The third-order valence-electron chi connectivity index (χ3n) is 3.69. The molecule has 3 amide bonds. The van der Waals surface area contributed by atoms with Crippen LogP contribution in [0.25, 0.3) is 0 Å². The molecule has 126 valence electrons. The summed E-state index contributed by atoms with van der Waals surface area (Å²) in [4.78, 5) is 25.0. The fourth-order valence-corrected chi connectivity index (χ4v) is 2.43. The van der Waals surface area contributed by atoms with E-state index in [1.807, 2.05) is 30.3 Å². The topological polar surface area (TPSA) is 93.7 Å². The molecule has 1 fully saturated rings. The number of carbonyl (C=O) groups excluding carboxylic acids is 2. The highest BCUT2D eigenvalue weighted by Gasteiger charge is 2.15. The Morgan fingerprint density at radius 2 is 2.09 bits per heavy atom. The molecule has 7 nitrogen and oxygen atoms in total. The smallest absolute Gasteiger partial charge is 0.314 e. The number of carbonyl (C=O) groups is 2. The summed E-state index contributed by atoms with van der Waals surface area (Å²) in [6.45, 7) is 3.44. The van der Waals surface area contributed by atoms with E-state index in [1.165, 1.54) is 0 Å². The second-order valence-corrected chi connectivity index (χ2v) is 5.54. The Morgan fingerprint density at radius 1 is 1.30 bits per heavy atom. The number of piperazine rings is 1. The number of aliphatic hydroxyl groups is 1. The van der Waals surface area contributed by atoms with Crippen LogP contribution in [0.15, 0.2) is 30.3 Å². The van der Waals surface area contributed by atoms with Crippen LogP contribution in [0, 0.1) is 0 Å². The standard InChI is InChI=1S/C16H24N4O3/c21-14(13-5-2-1-3-6-13)11-19-16(23)18-7-4-9-20-10-8-17-15(22)12-20/h1-3,5-6,14,21H,4,7-12H2,(H,17,22)(H2,18,19,23)/t14-/m1/s1. The van der Waals surface area contributed by atoms with Gasteiger partial charge in [0.1, 0.15) is 0 Å².